The third-order valence-electron chi connectivity index (χ3n) is 3.26. The van der Waals surface area contributed by atoms with Crippen LogP contribution in [-0.4, -0.2) is 23.4 Å². The molecule has 5 nitrogen and oxygen atoms in total. The van der Waals surface area contributed by atoms with Crippen LogP contribution in [0, 0.1) is 6.92 Å². The number of rotatable bonds is 6. The molecule has 0 atom stereocenters. The van der Waals surface area contributed by atoms with E-state index in [1.165, 1.54) is 36.4 Å². The predicted molar refractivity (Wildman–Crippen MR) is 91.7 cm³/mol. The van der Waals surface area contributed by atoms with Gasteiger partial charge in [0.15, 0.2) is 0 Å². The molecule has 2 aromatic rings. The van der Waals surface area contributed by atoms with Gasteiger partial charge in [-0.15, -0.1) is 0 Å². The normalized spacial score (nSPS) is 12.8. The largest absolute Gasteiger partial charge is 0.499 e. The smallest absolute Gasteiger partial charge is 0.221 e. The van der Waals surface area contributed by atoms with Crippen LogP contribution in [0.1, 0.15) is 12.5 Å². The number of ether oxygens (including phenoxy) is 1. The first-order chi connectivity index (χ1) is 11.3. The first-order valence-corrected chi connectivity index (χ1v) is 10.2. The van der Waals surface area contributed by atoms with Gasteiger partial charge in [0, 0.05) is 0 Å². The molecule has 0 radical (unpaired) electrons. The Kier molecular flexibility index (Phi) is 5.46. The van der Waals surface area contributed by atoms with Crippen LogP contribution in [0.15, 0.2) is 74.9 Å². The van der Waals surface area contributed by atoms with Gasteiger partial charge in [0.25, 0.3) is 0 Å². The molecule has 0 aliphatic rings. The minimum absolute atomic E-state index is 0.0986. The molecule has 0 saturated carbocycles. The van der Waals surface area contributed by atoms with Gasteiger partial charge in [0.05, 0.1) is 16.4 Å². The van der Waals surface area contributed by atoms with Crippen molar-refractivity contribution in [3.8, 4) is 0 Å². The molecule has 2 rings (SSSR count). The molecule has 128 valence electrons. The standard InChI is InChI=1S/C17H18O5S2/c1-3-22-13-17(23(18,19)15-7-5-4-6-8-15)24(20,21)16-11-9-14(2)10-12-16/h4-13H,3H2,1-2H3/b17-13+. The summed E-state index contributed by atoms with van der Waals surface area (Å²) < 4.78 is 55.5. The molecule has 0 heterocycles. The van der Waals surface area contributed by atoms with Gasteiger partial charge in [0.1, 0.15) is 6.26 Å². The highest BCUT2D eigenvalue weighted by Gasteiger charge is 2.34. The van der Waals surface area contributed by atoms with E-state index in [0.717, 1.165) is 11.8 Å². The number of aryl methyl sites for hydroxylation is 1. The SMILES string of the molecule is CCO/C=C(\S(=O)(=O)c1ccccc1)S(=O)(=O)c1ccc(C)cc1. The number of benzene rings is 2. The van der Waals surface area contributed by atoms with Crippen molar-refractivity contribution in [1.29, 1.82) is 0 Å². The van der Waals surface area contributed by atoms with E-state index in [4.69, 9.17) is 4.74 Å². The Morgan fingerprint density at radius 2 is 1.38 bits per heavy atom. The maximum atomic E-state index is 12.8. The highest BCUT2D eigenvalue weighted by Crippen LogP contribution is 2.29. The summed E-state index contributed by atoms with van der Waals surface area (Å²) in [6.07, 6.45) is 0.803. The van der Waals surface area contributed by atoms with E-state index in [0.29, 0.717) is 0 Å². The Labute approximate surface area is 142 Å². The molecule has 0 aliphatic carbocycles. The van der Waals surface area contributed by atoms with Crippen molar-refractivity contribution in [2.45, 2.75) is 23.6 Å². The molecular formula is C17H18O5S2. The van der Waals surface area contributed by atoms with E-state index in [2.05, 4.69) is 0 Å². The van der Waals surface area contributed by atoms with Crippen LogP contribution in [0.3, 0.4) is 0 Å². The van der Waals surface area contributed by atoms with Crippen LogP contribution in [-0.2, 0) is 24.4 Å². The van der Waals surface area contributed by atoms with Gasteiger partial charge < -0.3 is 4.74 Å². The second kappa shape index (κ2) is 7.19. The van der Waals surface area contributed by atoms with Crippen LogP contribution in [0.5, 0.6) is 0 Å². The molecule has 7 heteroatoms. The Balaban J connectivity index is 2.64. The fourth-order valence-corrected chi connectivity index (χ4v) is 5.57. The van der Waals surface area contributed by atoms with Gasteiger partial charge in [-0.25, -0.2) is 16.8 Å². The molecular weight excluding hydrogens is 348 g/mol. The van der Waals surface area contributed by atoms with Crippen molar-refractivity contribution >= 4 is 19.7 Å². The van der Waals surface area contributed by atoms with Crippen LogP contribution < -0.4 is 0 Å². The van der Waals surface area contributed by atoms with Crippen LogP contribution >= 0.6 is 0 Å². The topological polar surface area (TPSA) is 77.5 Å². The predicted octanol–water partition coefficient (Wildman–Crippen LogP) is 3.08. The Morgan fingerprint density at radius 3 is 1.88 bits per heavy atom. The maximum Gasteiger partial charge on any atom is 0.221 e. The quantitative estimate of drug-likeness (QED) is 0.734. The molecule has 2 aromatic carbocycles. The first kappa shape index (κ1) is 18.2. The van der Waals surface area contributed by atoms with Gasteiger partial charge in [-0.3, -0.25) is 0 Å². The van der Waals surface area contributed by atoms with Crippen molar-refractivity contribution < 1.29 is 21.6 Å². The number of sulfone groups is 2. The lowest BCUT2D eigenvalue weighted by Gasteiger charge is -2.11. The van der Waals surface area contributed by atoms with Gasteiger partial charge in [-0.2, -0.15) is 0 Å². The zero-order chi connectivity index (χ0) is 17.8. The lowest BCUT2D eigenvalue weighted by atomic mass is 10.2. The maximum absolute atomic E-state index is 12.8. The van der Waals surface area contributed by atoms with Crippen molar-refractivity contribution in [1.82, 2.24) is 0 Å². The zero-order valence-electron chi connectivity index (χ0n) is 13.3. The molecule has 0 aromatic heterocycles. The average Bonchev–Trinajstić information content (AvgIpc) is 2.56. The van der Waals surface area contributed by atoms with E-state index < -0.39 is 23.9 Å². The molecule has 0 unspecified atom stereocenters. The molecule has 0 amide bonds. The van der Waals surface area contributed by atoms with E-state index >= 15 is 0 Å². The second-order valence-electron chi connectivity index (χ2n) is 5.03. The minimum atomic E-state index is -4.25. The fraction of sp³-hybridized carbons (Fsp3) is 0.176. The van der Waals surface area contributed by atoms with Gasteiger partial charge in [0.2, 0.25) is 23.9 Å². The number of hydrogen-bond donors (Lipinski definition) is 0. The molecule has 0 aliphatic heterocycles. The summed E-state index contributed by atoms with van der Waals surface area (Å²) in [4.78, 5) is -0.204. The zero-order valence-corrected chi connectivity index (χ0v) is 15.0. The van der Waals surface area contributed by atoms with Crippen molar-refractivity contribution in [2.24, 2.45) is 0 Å². The molecule has 0 spiro atoms. The van der Waals surface area contributed by atoms with E-state index in [9.17, 15) is 16.8 Å². The summed E-state index contributed by atoms with van der Waals surface area (Å²) in [5, 5.41) is 0. The van der Waals surface area contributed by atoms with Crippen LogP contribution in [0.4, 0.5) is 0 Å². The summed E-state index contributed by atoms with van der Waals surface area (Å²) in [7, 11) is -8.49. The second-order valence-corrected chi connectivity index (χ2v) is 9.12. The minimum Gasteiger partial charge on any atom is -0.499 e. The highest BCUT2D eigenvalue weighted by atomic mass is 32.3. The first-order valence-electron chi connectivity index (χ1n) is 7.24. The van der Waals surface area contributed by atoms with Gasteiger partial charge in [-0.05, 0) is 38.1 Å². The fourth-order valence-electron chi connectivity index (χ4n) is 1.97. The molecule has 0 N–H and O–H groups in total. The third-order valence-corrected chi connectivity index (χ3v) is 7.61. The highest BCUT2D eigenvalue weighted by molar-refractivity contribution is 8.14. The summed E-state index contributed by atoms with van der Waals surface area (Å²) in [5.41, 5.74) is 0.871. The third kappa shape index (κ3) is 3.68. The van der Waals surface area contributed by atoms with E-state index in [1.807, 2.05) is 6.92 Å². The van der Waals surface area contributed by atoms with Gasteiger partial charge in [-0.1, -0.05) is 35.9 Å². The monoisotopic (exact) mass is 366 g/mol. The Morgan fingerprint density at radius 1 is 0.875 bits per heavy atom. The van der Waals surface area contributed by atoms with Crippen molar-refractivity contribution in [2.75, 3.05) is 6.61 Å². The molecule has 24 heavy (non-hydrogen) atoms. The average molecular weight is 366 g/mol. The van der Waals surface area contributed by atoms with Gasteiger partial charge >= 0.3 is 0 Å². The van der Waals surface area contributed by atoms with Crippen molar-refractivity contribution in [3.05, 3.63) is 70.7 Å². The molecule has 0 saturated heterocycles. The lowest BCUT2D eigenvalue weighted by Crippen LogP contribution is -2.16. The summed E-state index contributed by atoms with van der Waals surface area (Å²) in [5.74, 6) is 0. The van der Waals surface area contributed by atoms with E-state index in [1.54, 1.807) is 25.1 Å². The number of hydrogen-bond acceptors (Lipinski definition) is 5. The van der Waals surface area contributed by atoms with Crippen molar-refractivity contribution in [3.63, 3.8) is 0 Å². The summed E-state index contributed by atoms with van der Waals surface area (Å²) in [6.45, 7) is 3.60. The molecule has 0 fully saturated rings. The Hall–Kier alpha value is -2.12. The lowest BCUT2D eigenvalue weighted by molar-refractivity contribution is 0.269. The summed E-state index contributed by atoms with van der Waals surface area (Å²) in [6, 6.07) is 13.4. The van der Waals surface area contributed by atoms with Crippen LogP contribution in [0.2, 0.25) is 0 Å². The van der Waals surface area contributed by atoms with Crippen LogP contribution in [0.25, 0.3) is 0 Å². The summed E-state index contributed by atoms with van der Waals surface area (Å²) >= 11 is 0. The molecule has 0 bridgehead atoms. The van der Waals surface area contributed by atoms with E-state index in [-0.39, 0.29) is 16.4 Å². The Bertz CT molecular complexity index is 926.